The molecule has 0 unspecified atom stereocenters. The highest BCUT2D eigenvalue weighted by molar-refractivity contribution is 7.16. The topological polar surface area (TPSA) is 55.1 Å². The fourth-order valence-corrected chi connectivity index (χ4v) is 2.82. The van der Waals surface area contributed by atoms with Gasteiger partial charge in [-0.1, -0.05) is 23.2 Å². The first-order chi connectivity index (χ1) is 9.06. The Kier molecular flexibility index (Phi) is 4.69. The van der Waals surface area contributed by atoms with E-state index in [4.69, 9.17) is 28.9 Å². The van der Waals surface area contributed by atoms with Gasteiger partial charge < -0.3 is 11.1 Å². The van der Waals surface area contributed by atoms with E-state index in [9.17, 15) is 4.79 Å². The molecule has 100 valence electrons. The largest absolute Gasteiger partial charge is 0.398 e. The molecule has 0 saturated heterocycles. The van der Waals surface area contributed by atoms with Crippen LogP contribution in [0.2, 0.25) is 9.36 Å². The maximum absolute atomic E-state index is 11.9. The van der Waals surface area contributed by atoms with E-state index in [1.54, 1.807) is 18.2 Å². The normalized spacial score (nSPS) is 10.4. The van der Waals surface area contributed by atoms with Crippen molar-refractivity contribution in [1.29, 1.82) is 0 Å². The smallest absolute Gasteiger partial charge is 0.251 e. The minimum Gasteiger partial charge on any atom is -0.398 e. The van der Waals surface area contributed by atoms with Gasteiger partial charge in [0, 0.05) is 17.0 Å². The number of nitrogen functional groups attached to an aromatic ring is 1. The molecule has 1 heterocycles. The molecule has 0 atom stereocenters. The molecular formula is C13H12Cl2N2OS. The Hall–Kier alpha value is -1.23. The number of rotatable bonds is 4. The number of amides is 1. The minimum absolute atomic E-state index is 0.162. The summed E-state index contributed by atoms with van der Waals surface area (Å²) in [6.45, 7) is 0.553. The lowest BCUT2D eigenvalue weighted by Gasteiger charge is -2.05. The van der Waals surface area contributed by atoms with E-state index in [1.165, 1.54) is 11.3 Å². The average Bonchev–Trinajstić information content (AvgIpc) is 2.78. The molecule has 1 aromatic heterocycles. The molecule has 1 aromatic carbocycles. The molecule has 1 amide bonds. The van der Waals surface area contributed by atoms with Gasteiger partial charge in [0.1, 0.15) is 0 Å². The molecule has 0 aliphatic heterocycles. The number of hydrogen-bond acceptors (Lipinski definition) is 3. The van der Waals surface area contributed by atoms with Crippen LogP contribution >= 0.6 is 34.5 Å². The lowest BCUT2D eigenvalue weighted by molar-refractivity contribution is 0.0954. The number of thiophene rings is 1. The molecular weight excluding hydrogens is 303 g/mol. The van der Waals surface area contributed by atoms with Crippen LogP contribution in [0.15, 0.2) is 30.3 Å². The van der Waals surface area contributed by atoms with E-state index in [-0.39, 0.29) is 5.91 Å². The van der Waals surface area contributed by atoms with Gasteiger partial charge in [-0.3, -0.25) is 4.79 Å². The predicted molar refractivity (Wildman–Crippen MR) is 81.2 cm³/mol. The van der Waals surface area contributed by atoms with Gasteiger partial charge >= 0.3 is 0 Å². The SMILES string of the molecule is Nc1ccc(C(=O)NCCc2ccc(Cl)s2)cc1Cl. The van der Waals surface area contributed by atoms with Gasteiger partial charge in [-0.2, -0.15) is 0 Å². The number of halogens is 2. The van der Waals surface area contributed by atoms with Crippen molar-refractivity contribution in [2.45, 2.75) is 6.42 Å². The standard InChI is InChI=1S/C13H12Cl2N2OS/c14-10-7-8(1-3-11(10)16)13(18)17-6-5-9-2-4-12(15)19-9/h1-4,7H,5-6,16H2,(H,17,18). The van der Waals surface area contributed by atoms with E-state index in [1.807, 2.05) is 12.1 Å². The van der Waals surface area contributed by atoms with Gasteiger partial charge in [-0.25, -0.2) is 0 Å². The van der Waals surface area contributed by atoms with E-state index in [0.717, 1.165) is 15.6 Å². The van der Waals surface area contributed by atoms with E-state index in [0.29, 0.717) is 22.8 Å². The van der Waals surface area contributed by atoms with Crippen molar-refractivity contribution in [2.24, 2.45) is 0 Å². The third-order valence-electron chi connectivity index (χ3n) is 2.55. The molecule has 0 aliphatic rings. The summed E-state index contributed by atoms with van der Waals surface area (Å²) in [6, 6.07) is 8.64. The Labute approximate surface area is 125 Å². The van der Waals surface area contributed by atoms with Gasteiger partial charge in [0.25, 0.3) is 5.91 Å². The summed E-state index contributed by atoms with van der Waals surface area (Å²) in [7, 11) is 0. The zero-order chi connectivity index (χ0) is 13.8. The maximum Gasteiger partial charge on any atom is 0.251 e. The fourth-order valence-electron chi connectivity index (χ4n) is 1.56. The lowest BCUT2D eigenvalue weighted by Crippen LogP contribution is -2.25. The summed E-state index contributed by atoms with van der Waals surface area (Å²) in [5, 5.41) is 3.22. The van der Waals surface area contributed by atoms with Crippen molar-refractivity contribution in [3.05, 3.63) is 50.1 Å². The Morgan fingerprint density at radius 1 is 1.26 bits per heavy atom. The summed E-state index contributed by atoms with van der Waals surface area (Å²) in [5.74, 6) is -0.162. The first kappa shape index (κ1) is 14.2. The van der Waals surface area contributed by atoms with E-state index in [2.05, 4.69) is 5.32 Å². The Balaban J connectivity index is 1.89. The summed E-state index contributed by atoms with van der Waals surface area (Å²) in [4.78, 5) is 13.0. The van der Waals surface area contributed by atoms with Crippen LogP contribution in [0.3, 0.4) is 0 Å². The quantitative estimate of drug-likeness (QED) is 0.847. The number of nitrogens with two attached hydrogens (primary N) is 1. The zero-order valence-electron chi connectivity index (χ0n) is 9.95. The maximum atomic E-state index is 11.9. The molecule has 3 N–H and O–H groups in total. The molecule has 0 bridgehead atoms. The van der Waals surface area contributed by atoms with Crippen molar-refractivity contribution >= 4 is 46.1 Å². The van der Waals surface area contributed by atoms with Crippen LogP contribution < -0.4 is 11.1 Å². The lowest BCUT2D eigenvalue weighted by atomic mass is 10.2. The third-order valence-corrected chi connectivity index (χ3v) is 4.17. The predicted octanol–water partition coefficient (Wildman–Crippen LogP) is 3.61. The molecule has 0 aliphatic carbocycles. The molecule has 2 aromatic rings. The van der Waals surface area contributed by atoms with Crippen molar-refractivity contribution < 1.29 is 4.79 Å². The monoisotopic (exact) mass is 314 g/mol. The van der Waals surface area contributed by atoms with Crippen LogP contribution in [-0.2, 0) is 6.42 Å². The minimum atomic E-state index is -0.162. The van der Waals surface area contributed by atoms with Gasteiger partial charge in [-0.15, -0.1) is 11.3 Å². The van der Waals surface area contributed by atoms with Crippen LogP contribution in [0.1, 0.15) is 15.2 Å². The second-order valence-electron chi connectivity index (χ2n) is 3.95. The van der Waals surface area contributed by atoms with Crippen molar-refractivity contribution in [3.8, 4) is 0 Å². The third kappa shape index (κ3) is 3.86. The van der Waals surface area contributed by atoms with Crippen LogP contribution in [-0.4, -0.2) is 12.5 Å². The summed E-state index contributed by atoms with van der Waals surface area (Å²) >= 11 is 13.2. The second-order valence-corrected chi connectivity index (χ2v) is 6.15. The number of carbonyl (C=O) groups is 1. The van der Waals surface area contributed by atoms with Crippen molar-refractivity contribution in [2.75, 3.05) is 12.3 Å². The number of anilines is 1. The highest BCUT2D eigenvalue weighted by atomic mass is 35.5. The van der Waals surface area contributed by atoms with Crippen LogP contribution in [0, 0.1) is 0 Å². The van der Waals surface area contributed by atoms with Crippen molar-refractivity contribution in [3.63, 3.8) is 0 Å². The fraction of sp³-hybridized carbons (Fsp3) is 0.154. The van der Waals surface area contributed by atoms with Gasteiger partial charge in [0.15, 0.2) is 0 Å². The number of benzene rings is 1. The van der Waals surface area contributed by atoms with Gasteiger partial charge in [0.2, 0.25) is 0 Å². The van der Waals surface area contributed by atoms with Crippen LogP contribution in [0.4, 0.5) is 5.69 Å². The first-order valence-electron chi connectivity index (χ1n) is 5.63. The molecule has 19 heavy (non-hydrogen) atoms. The average molecular weight is 315 g/mol. The Morgan fingerprint density at radius 2 is 2.05 bits per heavy atom. The highest BCUT2D eigenvalue weighted by Crippen LogP contribution is 2.22. The molecule has 3 nitrogen and oxygen atoms in total. The van der Waals surface area contributed by atoms with E-state index < -0.39 is 0 Å². The first-order valence-corrected chi connectivity index (χ1v) is 7.21. The molecule has 0 fully saturated rings. The molecule has 2 rings (SSSR count). The van der Waals surface area contributed by atoms with E-state index >= 15 is 0 Å². The second kappa shape index (κ2) is 6.28. The molecule has 0 saturated carbocycles. The van der Waals surface area contributed by atoms with Crippen LogP contribution in [0.25, 0.3) is 0 Å². The number of nitrogens with one attached hydrogen (secondary N) is 1. The Bertz CT molecular complexity index is 598. The molecule has 6 heteroatoms. The number of hydrogen-bond donors (Lipinski definition) is 2. The highest BCUT2D eigenvalue weighted by Gasteiger charge is 2.07. The summed E-state index contributed by atoms with van der Waals surface area (Å²) in [6.07, 6.45) is 0.756. The van der Waals surface area contributed by atoms with Gasteiger partial charge in [0.05, 0.1) is 15.0 Å². The van der Waals surface area contributed by atoms with Crippen LogP contribution in [0.5, 0.6) is 0 Å². The number of carbonyl (C=O) groups excluding carboxylic acids is 1. The summed E-state index contributed by atoms with van der Waals surface area (Å²) in [5.41, 5.74) is 6.56. The summed E-state index contributed by atoms with van der Waals surface area (Å²) < 4.78 is 0.756. The zero-order valence-corrected chi connectivity index (χ0v) is 12.3. The van der Waals surface area contributed by atoms with Gasteiger partial charge in [-0.05, 0) is 36.8 Å². The molecule has 0 spiro atoms. The van der Waals surface area contributed by atoms with Crippen molar-refractivity contribution in [1.82, 2.24) is 5.32 Å². The Morgan fingerprint density at radius 3 is 2.68 bits per heavy atom. The molecule has 0 radical (unpaired) electrons.